The number of rotatable bonds is 4. The van der Waals surface area contributed by atoms with E-state index in [0.29, 0.717) is 0 Å². The van der Waals surface area contributed by atoms with E-state index in [1.54, 1.807) is 6.07 Å². The summed E-state index contributed by atoms with van der Waals surface area (Å²) in [7, 11) is 0. The highest BCUT2D eigenvalue weighted by Gasteiger charge is 2.11. The molecule has 100 valence electrons. The fourth-order valence-electron chi connectivity index (χ4n) is 1.31. The van der Waals surface area contributed by atoms with Crippen LogP contribution in [-0.2, 0) is 0 Å². The molecule has 2 N–H and O–H groups in total. The van der Waals surface area contributed by atoms with E-state index in [2.05, 4.69) is 25.9 Å². The van der Waals surface area contributed by atoms with Gasteiger partial charge in [0.25, 0.3) is 5.69 Å². The summed E-state index contributed by atoms with van der Waals surface area (Å²) in [5, 5.41) is 34.5. The lowest BCUT2D eigenvalue weighted by Crippen LogP contribution is -1.97. The van der Waals surface area contributed by atoms with Crippen LogP contribution in [0.2, 0.25) is 0 Å². The van der Waals surface area contributed by atoms with Gasteiger partial charge in [0.2, 0.25) is 5.82 Å². The predicted molar refractivity (Wildman–Crippen MR) is 64.4 cm³/mol. The maximum absolute atomic E-state index is 13.6. The molecule has 1 heterocycles. The lowest BCUT2D eigenvalue weighted by molar-refractivity contribution is -0.385. The smallest absolute Gasteiger partial charge is 0.272 e. The summed E-state index contributed by atoms with van der Waals surface area (Å²) in [4.78, 5) is 9.76. The minimum atomic E-state index is -0.819. The van der Waals surface area contributed by atoms with Gasteiger partial charge in [-0.3, -0.25) is 10.1 Å². The van der Waals surface area contributed by atoms with Crippen LogP contribution in [0.1, 0.15) is 5.82 Å². The Morgan fingerprint density at radius 1 is 1.60 bits per heavy atom. The van der Waals surface area contributed by atoms with Gasteiger partial charge in [0.1, 0.15) is 11.6 Å². The number of aromatic amines is 1. The van der Waals surface area contributed by atoms with Gasteiger partial charge in [-0.15, -0.1) is 10.2 Å². The van der Waals surface area contributed by atoms with Gasteiger partial charge >= 0.3 is 0 Å². The summed E-state index contributed by atoms with van der Waals surface area (Å²) in [6, 6.07) is 4.91. The zero-order valence-electron chi connectivity index (χ0n) is 9.74. The third kappa shape index (κ3) is 2.72. The van der Waals surface area contributed by atoms with Crippen molar-refractivity contribution in [1.29, 1.82) is 5.26 Å². The molecule has 9 nitrogen and oxygen atoms in total. The SMILES string of the molecule is N#CC(=CNc1ccc([N+](=O)[O-])cc1F)c1nn[nH]n1. The van der Waals surface area contributed by atoms with E-state index in [0.717, 1.165) is 12.1 Å². The number of benzene rings is 1. The number of allylic oxidation sites excluding steroid dienone is 1. The number of nitro benzene ring substituents is 1. The molecule has 10 heteroatoms. The van der Waals surface area contributed by atoms with Crippen molar-refractivity contribution < 1.29 is 9.31 Å². The Balaban J connectivity index is 2.22. The largest absolute Gasteiger partial charge is 0.358 e. The van der Waals surface area contributed by atoms with Crippen molar-refractivity contribution in [3.8, 4) is 6.07 Å². The quantitative estimate of drug-likeness (QED) is 0.486. The van der Waals surface area contributed by atoms with E-state index in [9.17, 15) is 14.5 Å². The molecule has 0 saturated heterocycles. The maximum atomic E-state index is 13.6. The number of halogens is 1. The van der Waals surface area contributed by atoms with Crippen LogP contribution in [0, 0.1) is 27.3 Å². The molecule has 0 fully saturated rings. The Bertz CT molecular complexity index is 705. The van der Waals surface area contributed by atoms with Crippen LogP contribution >= 0.6 is 0 Å². The van der Waals surface area contributed by atoms with Crippen molar-refractivity contribution >= 4 is 16.9 Å². The molecule has 0 radical (unpaired) electrons. The van der Waals surface area contributed by atoms with Gasteiger partial charge in [0.15, 0.2) is 5.82 Å². The Hall–Kier alpha value is -3.35. The molecule has 0 aliphatic heterocycles. The molecule has 1 aromatic heterocycles. The predicted octanol–water partition coefficient (Wildman–Crippen LogP) is 1.22. The van der Waals surface area contributed by atoms with Gasteiger partial charge < -0.3 is 5.32 Å². The third-order valence-corrected chi connectivity index (χ3v) is 2.24. The Kier molecular flexibility index (Phi) is 3.62. The number of anilines is 1. The lowest BCUT2D eigenvalue weighted by Gasteiger charge is -2.02. The first kappa shape index (κ1) is 13.1. The van der Waals surface area contributed by atoms with Crippen molar-refractivity contribution in [3.05, 3.63) is 46.2 Å². The number of H-pyrrole nitrogens is 1. The number of hydrogen-bond donors (Lipinski definition) is 2. The monoisotopic (exact) mass is 275 g/mol. The molecule has 2 rings (SSSR count). The van der Waals surface area contributed by atoms with E-state index >= 15 is 0 Å². The molecule has 0 saturated carbocycles. The fraction of sp³-hybridized carbons (Fsp3) is 0. The average molecular weight is 275 g/mol. The van der Waals surface area contributed by atoms with Gasteiger partial charge in [-0.2, -0.15) is 10.5 Å². The first-order valence-electron chi connectivity index (χ1n) is 5.16. The third-order valence-electron chi connectivity index (χ3n) is 2.24. The van der Waals surface area contributed by atoms with E-state index in [4.69, 9.17) is 5.26 Å². The molecule has 0 atom stereocenters. The normalized spacial score (nSPS) is 10.9. The highest BCUT2D eigenvalue weighted by molar-refractivity contribution is 5.74. The van der Waals surface area contributed by atoms with Gasteiger partial charge in [0.05, 0.1) is 16.7 Å². The zero-order valence-corrected chi connectivity index (χ0v) is 9.74. The minimum Gasteiger partial charge on any atom is -0.358 e. The van der Waals surface area contributed by atoms with Gasteiger partial charge in [0, 0.05) is 12.3 Å². The van der Waals surface area contributed by atoms with Crippen LogP contribution in [-0.4, -0.2) is 25.5 Å². The van der Waals surface area contributed by atoms with Crippen LogP contribution < -0.4 is 5.32 Å². The Morgan fingerprint density at radius 2 is 2.40 bits per heavy atom. The van der Waals surface area contributed by atoms with Crippen LogP contribution in [0.4, 0.5) is 15.8 Å². The van der Waals surface area contributed by atoms with Gasteiger partial charge in [-0.25, -0.2) is 4.39 Å². The number of nitrogens with one attached hydrogen (secondary N) is 2. The lowest BCUT2D eigenvalue weighted by atomic mass is 10.2. The number of non-ortho nitro benzene ring substituents is 1. The van der Waals surface area contributed by atoms with Gasteiger partial charge in [-0.1, -0.05) is 0 Å². The Labute approximate surface area is 110 Å². The van der Waals surface area contributed by atoms with Crippen LogP contribution in [0.3, 0.4) is 0 Å². The zero-order chi connectivity index (χ0) is 14.5. The first-order chi connectivity index (χ1) is 9.61. The topological polar surface area (TPSA) is 133 Å². The minimum absolute atomic E-state index is 0.0214. The maximum Gasteiger partial charge on any atom is 0.272 e. The van der Waals surface area contributed by atoms with E-state index < -0.39 is 10.7 Å². The summed E-state index contributed by atoms with van der Waals surface area (Å²) >= 11 is 0. The van der Waals surface area contributed by atoms with Crippen molar-refractivity contribution in [2.75, 3.05) is 5.32 Å². The molecule has 0 aliphatic carbocycles. The molecule has 1 aromatic carbocycles. The Morgan fingerprint density at radius 3 is 2.95 bits per heavy atom. The van der Waals surface area contributed by atoms with E-state index in [1.165, 1.54) is 12.3 Å². The summed E-state index contributed by atoms with van der Waals surface area (Å²) in [5.41, 5.74) is -0.362. The molecule has 2 aromatic rings. The number of nitriles is 1. The first-order valence-corrected chi connectivity index (χ1v) is 5.16. The second-order valence-corrected chi connectivity index (χ2v) is 3.47. The van der Waals surface area contributed by atoms with Crippen LogP contribution in [0.15, 0.2) is 24.4 Å². The summed E-state index contributed by atoms with van der Waals surface area (Å²) < 4.78 is 13.6. The highest BCUT2D eigenvalue weighted by Crippen LogP contribution is 2.21. The molecular weight excluding hydrogens is 269 g/mol. The molecular formula is C10H6FN7O2. The molecule has 0 aliphatic rings. The van der Waals surface area contributed by atoms with Crippen molar-refractivity contribution in [2.45, 2.75) is 0 Å². The van der Waals surface area contributed by atoms with E-state index in [-0.39, 0.29) is 22.8 Å². The number of aromatic nitrogens is 4. The molecule has 0 spiro atoms. The standard InChI is InChI=1S/C10H6FN7O2/c11-8-3-7(18(19)20)1-2-9(8)13-5-6(4-12)10-14-16-17-15-10/h1-3,5,13H,(H,14,15,16,17). The van der Waals surface area contributed by atoms with Crippen molar-refractivity contribution in [3.63, 3.8) is 0 Å². The average Bonchev–Trinajstić information content (AvgIpc) is 2.95. The van der Waals surface area contributed by atoms with Crippen LogP contribution in [0.5, 0.6) is 0 Å². The van der Waals surface area contributed by atoms with E-state index in [1.807, 2.05) is 0 Å². The molecule has 0 unspecified atom stereocenters. The highest BCUT2D eigenvalue weighted by atomic mass is 19.1. The van der Waals surface area contributed by atoms with Crippen molar-refractivity contribution in [2.24, 2.45) is 0 Å². The number of nitro groups is 1. The summed E-state index contributed by atoms with van der Waals surface area (Å²) in [5.74, 6) is -0.775. The summed E-state index contributed by atoms with van der Waals surface area (Å²) in [6.07, 6.45) is 1.18. The second kappa shape index (κ2) is 5.53. The second-order valence-electron chi connectivity index (χ2n) is 3.47. The summed E-state index contributed by atoms with van der Waals surface area (Å²) in [6.45, 7) is 0. The van der Waals surface area contributed by atoms with Crippen LogP contribution in [0.25, 0.3) is 5.57 Å². The number of nitrogens with zero attached hydrogens (tertiary/aromatic N) is 5. The number of hydrogen-bond acceptors (Lipinski definition) is 7. The fourth-order valence-corrected chi connectivity index (χ4v) is 1.31. The number of tetrazole rings is 1. The van der Waals surface area contributed by atoms with Crippen molar-refractivity contribution in [1.82, 2.24) is 20.6 Å². The molecule has 0 amide bonds. The van der Waals surface area contributed by atoms with Gasteiger partial charge in [-0.05, 0) is 11.3 Å². The molecule has 20 heavy (non-hydrogen) atoms. The molecule has 0 bridgehead atoms.